The molecule has 1 rings (SSSR count). The molecule has 0 aliphatic rings. The van der Waals surface area contributed by atoms with Gasteiger partial charge >= 0.3 is 5.97 Å². The van der Waals surface area contributed by atoms with Gasteiger partial charge in [-0.3, -0.25) is 4.79 Å². The van der Waals surface area contributed by atoms with Gasteiger partial charge in [-0.05, 0) is 40.3 Å². The lowest BCUT2D eigenvalue weighted by atomic mass is 10.2. The van der Waals surface area contributed by atoms with Crippen molar-refractivity contribution >= 4 is 34.6 Å². The van der Waals surface area contributed by atoms with Gasteiger partial charge in [-0.25, -0.2) is 0 Å². The summed E-state index contributed by atoms with van der Waals surface area (Å²) < 4.78 is 5.96. The molecule has 0 bridgehead atoms. The van der Waals surface area contributed by atoms with Crippen molar-refractivity contribution in [3.63, 3.8) is 0 Å². The van der Waals surface area contributed by atoms with E-state index in [4.69, 9.17) is 4.74 Å². The highest BCUT2D eigenvalue weighted by Gasteiger charge is 1.92. The van der Waals surface area contributed by atoms with Crippen LogP contribution in [0.15, 0.2) is 30.3 Å². The van der Waals surface area contributed by atoms with Gasteiger partial charge in [0.1, 0.15) is 6.61 Å². The van der Waals surface area contributed by atoms with Gasteiger partial charge in [-0.1, -0.05) is 24.3 Å². The van der Waals surface area contributed by atoms with Crippen LogP contribution < -0.4 is 0 Å². The highest BCUT2D eigenvalue weighted by atomic mass is 127. The molecular formula is C11H11IO2. The Morgan fingerprint density at radius 3 is 2.86 bits per heavy atom. The van der Waals surface area contributed by atoms with Crippen LogP contribution >= 0.6 is 22.6 Å². The second kappa shape index (κ2) is 5.80. The molecule has 0 spiro atoms. The molecule has 0 saturated carbocycles. The van der Waals surface area contributed by atoms with E-state index in [1.165, 1.54) is 10.5 Å². The fraction of sp³-hybridized carbons (Fsp3) is 0.182. The Kier molecular flexibility index (Phi) is 4.65. The van der Waals surface area contributed by atoms with Gasteiger partial charge in [-0.2, -0.15) is 0 Å². The van der Waals surface area contributed by atoms with Crippen LogP contribution in [0.3, 0.4) is 0 Å². The molecule has 1 aromatic rings. The first-order valence-corrected chi connectivity index (χ1v) is 5.32. The molecule has 0 heterocycles. The summed E-state index contributed by atoms with van der Waals surface area (Å²) in [5, 5.41) is 0. The fourth-order valence-corrected chi connectivity index (χ4v) is 1.52. The van der Waals surface area contributed by atoms with Crippen molar-refractivity contribution in [2.45, 2.75) is 6.92 Å². The number of hydrogen-bond donors (Lipinski definition) is 0. The predicted octanol–water partition coefficient (Wildman–Crippen LogP) is 2.87. The minimum atomic E-state index is -0.252. The summed E-state index contributed by atoms with van der Waals surface area (Å²) in [5.41, 5.74) is 1.14. The minimum absolute atomic E-state index is 0.252. The predicted molar refractivity (Wildman–Crippen MR) is 64.8 cm³/mol. The molecule has 1 aromatic carbocycles. The Balaban J connectivity index is 2.52. The van der Waals surface area contributed by atoms with E-state index in [9.17, 15) is 4.79 Å². The third kappa shape index (κ3) is 3.91. The fourth-order valence-electron chi connectivity index (χ4n) is 0.951. The van der Waals surface area contributed by atoms with Gasteiger partial charge < -0.3 is 4.74 Å². The average molecular weight is 302 g/mol. The summed E-state index contributed by atoms with van der Waals surface area (Å²) in [6.07, 6.45) is 3.78. The van der Waals surface area contributed by atoms with E-state index >= 15 is 0 Å². The topological polar surface area (TPSA) is 26.3 Å². The molecule has 0 unspecified atom stereocenters. The van der Waals surface area contributed by atoms with Crippen LogP contribution in [0.2, 0.25) is 0 Å². The number of hydrogen-bond acceptors (Lipinski definition) is 2. The summed E-state index contributed by atoms with van der Waals surface area (Å²) in [6, 6.07) is 8.02. The zero-order valence-corrected chi connectivity index (χ0v) is 10.0. The first kappa shape index (κ1) is 11.2. The third-order valence-corrected chi connectivity index (χ3v) is 2.57. The van der Waals surface area contributed by atoms with Gasteiger partial charge in [-0.15, -0.1) is 0 Å². The molecular weight excluding hydrogens is 291 g/mol. The summed E-state index contributed by atoms with van der Waals surface area (Å²) in [6.45, 7) is 1.74. The molecule has 0 N–H and O–H groups in total. The number of rotatable bonds is 3. The largest absolute Gasteiger partial charge is 0.462 e. The monoisotopic (exact) mass is 302 g/mol. The number of esters is 1. The van der Waals surface area contributed by atoms with E-state index < -0.39 is 0 Å². The van der Waals surface area contributed by atoms with E-state index in [1.807, 2.05) is 36.4 Å². The van der Waals surface area contributed by atoms with Gasteiger partial charge in [0.05, 0.1) is 0 Å². The quantitative estimate of drug-likeness (QED) is 0.634. The Morgan fingerprint density at radius 1 is 1.50 bits per heavy atom. The molecule has 0 atom stereocenters. The van der Waals surface area contributed by atoms with Gasteiger partial charge in [0.2, 0.25) is 0 Å². The zero-order chi connectivity index (χ0) is 10.4. The van der Waals surface area contributed by atoms with Crippen LogP contribution in [0.5, 0.6) is 0 Å². The second-order valence-corrected chi connectivity index (χ2v) is 3.89. The smallest absolute Gasteiger partial charge is 0.302 e. The lowest BCUT2D eigenvalue weighted by Gasteiger charge is -1.97. The Hall–Kier alpha value is -0.840. The van der Waals surface area contributed by atoms with Gasteiger partial charge in [0.15, 0.2) is 0 Å². The molecule has 0 radical (unpaired) electrons. The van der Waals surface area contributed by atoms with E-state index in [-0.39, 0.29) is 5.97 Å². The summed E-state index contributed by atoms with van der Waals surface area (Å²) in [5.74, 6) is -0.252. The van der Waals surface area contributed by atoms with Crippen molar-refractivity contribution in [1.29, 1.82) is 0 Å². The maximum absolute atomic E-state index is 10.5. The molecule has 0 aromatic heterocycles. The summed E-state index contributed by atoms with van der Waals surface area (Å²) in [4.78, 5) is 10.5. The van der Waals surface area contributed by atoms with Crippen molar-refractivity contribution in [2.24, 2.45) is 0 Å². The van der Waals surface area contributed by atoms with E-state index in [0.29, 0.717) is 6.61 Å². The minimum Gasteiger partial charge on any atom is -0.462 e. The van der Waals surface area contributed by atoms with Crippen LogP contribution in [0.4, 0.5) is 0 Å². The van der Waals surface area contributed by atoms with Crippen molar-refractivity contribution in [1.82, 2.24) is 0 Å². The average Bonchev–Trinajstić information content (AvgIpc) is 2.15. The van der Waals surface area contributed by atoms with Crippen LogP contribution in [0, 0.1) is 3.57 Å². The maximum Gasteiger partial charge on any atom is 0.302 e. The van der Waals surface area contributed by atoms with Crippen molar-refractivity contribution < 1.29 is 9.53 Å². The molecule has 2 nitrogen and oxygen atoms in total. The maximum atomic E-state index is 10.5. The van der Waals surface area contributed by atoms with Crippen LogP contribution in [0.1, 0.15) is 12.5 Å². The summed E-state index contributed by atoms with van der Waals surface area (Å²) in [7, 11) is 0. The number of carbonyl (C=O) groups excluding carboxylic acids is 1. The van der Waals surface area contributed by atoms with Gasteiger partial charge in [0, 0.05) is 10.5 Å². The molecule has 0 aliphatic carbocycles. The lowest BCUT2D eigenvalue weighted by Crippen LogP contribution is -1.97. The molecule has 3 heteroatoms. The molecule has 14 heavy (non-hydrogen) atoms. The SMILES string of the molecule is CC(=O)OC/C=C/c1ccccc1I. The highest BCUT2D eigenvalue weighted by Crippen LogP contribution is 2.12. The number of ether oxygens (including phenoxy) is 1. The molecule has 0 saturated heterocycles. The Bertz CT molecular complexity index is 345. The molecule has 0 fully saturated rings. The van der Waals surface area contributed by atoms with Gasteiger partial charge in [0.25, 0.3) is 0 Å². The molecule has 0 amide bonds. The first-order chi connectivity index (χ1) is 6.70. The molecule has 0 aliphatic heterocycles. The number of benzene rings is 1. The van der Waals surface area contributed by atoms with Crippen LogP contribution in [-0.4, -0.2) is 12.6 Å². The van der Waals surface area contributed by atoms with E-state index in [0.717, 1.165) is 5.56 Å². The van der Waals surface area contributed by atoms with Crippen molar-refractivity contribution in [3.05, 3.63) is 39.5 Å². The number of carbonyl (C=O) groups is 1. The normalized spacial score (nSPS) is 10.4. The molecule has 74 valence electrons. The second-order valence-electron chi connectivity index (χ2n) is 2.73. The number of halogens is 1. The van der Waals surface area contributed by atoms with Crippen LogP contribution in [-0.2, 0) is 9.53 Å². The zero-order valence-electron chi connectivity index (χ0n) is 7.87. The Morgan fingerprint density at radius 2 is 2.21 bits per heavy atom. The van der Waals surface area contributed by atoms with E-state index in [1.54, 1.807) is 0 Å². The lowest BCUT2D eigenvalue weighted by molar-refractivity contribution is -0.139. The van der Waals surface area contributed by atoms with E-state index in [2.05, 4.69) is 22.6 Å². The first-order valence-electron chi connectivity index (χ1n) is 4.24. The highest BCUT2D eigenvalue weighted by molar-refractivity contribution is 14.1. The standard InChI is InChI=1S/C11H11IO2/c1-9(13)14-8-4-6-10-5-2-3-7-11(10)12/h2-7H,8H2,1H3/b6-4+. The van der Waals surface area contributed by atoms with Crippen molar-refractivity contribution in [2.75, 3.05) is 6.61 Å². The van der Waals surface area contributed by atoms with Crippen LogP contribution in [0.25, 0.3) is 6.08 Å². The Labute approximate surface area is 97.1 Å². The third-order valence-electron chi connectivity index (χ3n) is 1.59. The summed E-state index contributed by atoms with van der Waals surface area (Å²) >= 11 is 2.27. The van der Waals surface area contributed by atoms with Crippen molar-refractivity contribution in [3.8, 4) is 0 Å².